The van der Waals surface area contributed by atoms with E-state index in [9.17, 15) is 4.79 Å². The molecule has 0 saturated heterocycles. The molecule has 2 aromatic carbocycles. The number of hydrogen-bond acceptors (Lipinski definition) is 3. The van der Waals surface area contributed by atoms with Crippen LogP contribution < -0.4 is 10.1 Å². The number of nitrogens with one attached hydrogen (secondary N) is 1. The zero-order valence-corrected chi connectivity index (χ0v) is 13.6. The molecular weight excluding hydrogens is 314 g/mol. The van der Waals surface area contributed by atoms with E-state index in [0.29, 0.717) is 17.2 Å². The number of unbranched alkanes of at least 4 members (excludes halogenated alkanes) is 1. The smallest absolute Gasteiger partial charge is 0.335 e. The Kier molecular flexibility index (Phi) is 6.91. The minimum Gasteiger partial charge on any atom is -0.494 e. The zero-order chi connectivity index (χ0) is 16.5. The first-order chi connectivity index (χ1) is 11.1. The van der Waals surface area contributed by atoms with Crippen LogP contribution in [0.5, 0.6) is 5.75 Å². The monoisotopic (exact) mass is 333 g/mol. The van der Waals surface area contributed by atoms with Crippen molar-refractivity contribution >= 4 is 17.6 Å². The summed E-state index contributed by atoms with van der Waals surface area (Å²) in [4.78, 5) is 10.8. The summed E-state index contributed by atoms with van der Waals surface area (Å²) in [7, 11) is 0. The maximum atomic E-state index is 10.8. The summed E-state index contributed by atoms with van der Waals surface area (Å²) in [5, 5.41) is 12.9. The molecule has 0 unspecified atom stereocenters. The summed E-state index contributed by atoms with van der Waals surface area (Å²) < 4.78 is 5.62. The van der Waals surface area contributed by atoms with Gasteiger partial charge in [0.15, 0.2) is 0 Å². The molecule has 0 atom stereocenters. The lowest BCUT2D eigenvalue weighted by molar-refractivity contribution is 0.0697. The number of carboxylic acids is 1. The second-order valence-electron chi connectivity index (χ2n) is 5.19. The van der Waals surface area contributed by atoms with E-state index in [4.69, 9.17) is 21.4 Å². The average molecular weight is 334 g/mol. The molecule has 0 fully saturated rings. The summed E-state index contributed by atoms with van der Waals surface area (Å²) in [6.07, 6.45) is 1.98. The number of benzene rings is 2. The molecule has 0 aliphatic heterocycles. The molecule has 5 heteroatoms. The minimum atomic E-state index is -0.898. The van der Waals surface area contributed by atoms with Crippen LogP contribution in [0.3, 0.4) is 0 Å². The standard InChI is InChI=1S/C18H20ClNO3/c19-16-7-9-17(10-8-16)23-12-2-1-11-20-13-14-3-5-15(6-4-14)18(21)22/h3-10,20H,1-2,11-13H2,(H,21,22). The van der Waals surface area contributed by atoms with E-state index in [1.54, 1.807) is 12.1 Å². The van der Waals surface area contributed by atoms with Crippen LogP contribution in [-0.4, -0.2) is 24.2 Å². The largest absolute Gasteiger partial charge is 0.494 e. The van der Waals surface area contributed by atoms with E-state index in [0.717, 1.165) is 37.2 Å². The van der Waals surface area contributed by atoms with Crippen molar-refractivity contribution < 1.29 is 14.6 Å². The molecule has 0 aliphatic rings. The molecule has 0 saturated carbocycles. The lowest BCUT2D eigenvalue weighted by Gasteiger charge is -2.07. The van der Waals surface area contributed by atoms with E-state index in [-0.39, 0.29) is 0 Å². The van der Waals surface area contributed by atoms with Crippen molar-refractivity contribution in [2.75, 3.05) is 13.2 Å². The molecule has 0 bridgehead atoms. The van der Waals surface area contributed by atoms with E-state index >= 15 is 0 Å². The summed E-state index contributed by atoms with van der Waals surface area (Å²) >= 11 is 5.81. The Labute approximate surface area is 141 Å². The molecule has 0 radical (unpaired) electrons. The highest BCUT2D eigenvalue weighted by Crippen LogP contribution is 2.15. The number of aromatic carboxylic acids is 1. The fraction of sp³-hybridized carbons (Fsp3) is 0.278. The molecular formula is C18H20ClNO3. The van der Waals surface area contributed by atoms with Gasteiger partial charge in [-0.15, -0.1) is 0 Å². The molecule has 2 aromatic rings. The molecule has 0 heterocycles. The third kappa shape index (κ3) is 6.30. The molecule has 2 rings (SSSR count). The van der Waals surface area contributed by atoms with Crippen molar-refractivity contribution in [2.45, 2.75) is 19.4 Å². The van der Waals surface area contributed by atoms with Crippen molar-refractivity contribution in [3.8, 4) is 5.75 Å². The average Bonchev–Trinajstić information content (AvgIpc) is 2.56. The van der Waals surface area contributed by atoms with Gasteiger partial charge in [-0.25, -0.2) is 4.79 Å². The number of ether oxygens (including phenoxy) is 1. The predicted molar refractivity (Wildman–Crippen MR) is 91.3 cm³/mol. The highest BCUT2D eigenvalue weighted by molar-refractivity contribution is 6.30. The number of carboxylic acid groups (broad SMARTS) is 1. The van der Waals surface area contributed by atoms with Crippen molar-refractivity contribution in [1.82, 2.24) is 5.32 Å². The van der Waals surface area contributed by atoms with E-state index in [1.165, 1.54) is 0 Å². The first-order valence-electron chi connectivity index (χ1n) is 7.56. The maximum Gasteiger partial charge on any atom is 0.335 e. The molecule has 2 N–H and O–H groups in total. The summed E-state index contributed by atoms with van der Waals surface area (Å²) in [6.45, 7) is 2.30. The fourth-order valence-corrected chi connectivity index (χ4v) is 2.20. The van der Waals surface area contributed by atoms with Crippen LogP contribution in [0.1, 0.15) is 28.8 Å². The lowest BCUT2D eigenvalue weighted by atomic mass is 10.1. The van der Waals surface area contributed by atoms with Gasteiger partial charge in [0.2, 0.25) is 0 Å². The Morgan fingerprint density at radius 3 is 2.39 bits per heavy atom. The van der Waals surface area contributed by atoms with Gasteiger partial charge >= 0.3 is 5.97 Å². The fourth-order valence-electron chi connectivity index (χ4n) is 2.07. The van der Waals surface area contributed by atoms with E-state index < -0.39 is 5.97 Å². The highest BCUT2D eigenvalue weighted by atomic mass is 35.5. The minimum absolute atomic E-state index is 0.313. The molecule has 0 aromatic heterocycles. The lowest BCUT2D eigenvalue weighted by Crippen LogP contribution is -2.15. The Bertz CT molecular complexity index is 611. The van der Waals surface area contributed by atoms with Gasteiger partial charge in [-0.05, 0) is 61.3 Å². The normalized spacial score (nSPS) is 10.5. The van der Waals surface area contributed by atoms with Crippen molar-refractivity contribution in [2.24, 2.45) is 0 Å². The van der Waals surface area contributed by atoms with Crippen LogP contribution >= 0.6 is 11.6 Å². The predicted octanol–water partition coefficient (Wildman–Crippen LogP) is 3.99. The Morgan fingerprint density at radius 1 is 1.04 bits per heavy atom. The quantitative estimate of drug-likeness (QED) is 0.681. The topological polar surface area (TPSA) is 58.6 Å². The molecule has 23 heavy (non-hydrogen) atoms. The van der Waals surface area contributed by atoms with Crippen LogP contribution in [-0.2, 0) is 6.54 Å². The maximum absolute atomic E-state index is 10.8. The summed E-state index contributed by atoms with van der Waals surface area (Å²) in [5.74, 6) is -0.0638. The Hall–Kier alpha value is -2.04. The van der Waals surface area contributed by atoms with Gasteiger partial charge < -0.3 is 15.2 Å². The molecule has 122 valence electrons. The molecule has 0 spiro atoms. The number of halogens is 1. The Balaban J connectivity index is 1.55. The first-order valence-corrected chi connectivity index (χ1v) is 7.94. The summed E-state index contributed by atoms with van der Waals surface area (Å²) in [6, 6.07) is 14.3. The van der Waals surface area contributed by atoms with Crippen molar-refractivity contribution in [3.63, 3.8) is 0 Å². The first kappa shape index (κ1) is 17.3. The van der Waals surface area contributed by atoms with Gasteiger partial charge in [0, 0.05) is 11.6 Å². The second-order valence-corrected chi connectivity index (χ2v) is 5.62. The van der Waals surface area contributed by atoms with Crippen LogP contribution in [0, 0.1) is 0 Å². The van der Waals surface area contributed by atoms with Crippen LogP contribution in [0.4, 0.5) is 0 Å². The zero-order valence-electron chi connectivity index (χ0n) is 12.8. The number of hydrogen-bond donors (Lipinski definition) is 2. The van der Waals surface area contributed by atoms with Crippen LogP contribution in [0.15, 0.2) is 48.5 Å². The van der Waals surface area contributed by atoms with Gasteiger partial charge in [-0.3, -0.25) is 0 Å². The third-order valence-corrected chi connectivity index (χ3v) is 3.61. The number of carbonyl (C=O) groups is 1. The van der Waals surface area contributed by atoms with Crippen molar-refractivity contribution in [3.05, 3.63) is 64.7 Å². The summed E-state index contributed by atoms with van der Waals surface area (Å²) in [5.41, 5.74) is 1.39. The molecule has 0 aliphatic carbocycles. The second kappa shape index (κ2) is 9.18. The third-order valence-electron chi connectivity index (χ3n) is 3.36. The van der Waals surface area contributed by atoms with Gasteiger partial charge in [-0.2, -0.15) is 0 Å². The van der Waals surface area contributed by atoms with E-state index in [1.807, 2.05) is 36.4 Å². The van der Waals surface area contributed by atoms with Crippen molar-refractivity contribution in [1.29, 1.82) is 0 Å². The van der Waals surface area contributed by atoms with Gasteiger partial charge in [0.25, 0.3) is 0 Å². The van der Waals surface area contributed by atoms with Crippen LogP contribution in [0.25, 0.3) is 0 Å². The van der Waals surface area contributed by atoms with E-state index in [2.05, 4.69) is 5.32 Å². The Morgan fingerprint density at radius 2 is 1.74 bits per heavy atom. The number of rotatable bonds is 9. The molecule has 4 nitrogen and oxygen atoms in total. The SMILES string of the molecule is O=C(O)c1ccc(CNCCCCOc2ccc(Cl)cc2)cc1. The molecule has 0 amide bonds. The van der Waals surface area contributed by atoms with Gasteiger partial charge in [0.1, 0.15) is 5.75 Å². The van der Waals surface area contributed by atoms with Crippen LogP contribution in [0.2, 0.25) is 5.02 Å². The van der Waals surface area contributed by atoms with Gasteiger partial charge in [-0.1, -0.05) is 23.7 Å². The van der Waals surface area contributed by atoms with Gasteiger partial charge in [0.05, 0.1) is 12.2 Å². The highest BCUT2D eigenvalue weighted by Gasteiger charge is 2.01.